The summed E-state index contributed by atoms with van der Waals surface area (Å²) < 4.78 is 5.69. The van der Waals surface area contributed by atoms with Gasteiger partial charge in [-0.15, -0.1) is 0 Å². The smallest absolute Gasteiger partial charge is 0.333 e. The molecule has 1 N–H and O–H groups in total. The van der Waals surface area contributed by atoms with Crippen LogP contribution in [0.5, 0.6) is 0 Å². The maximum Gasteiger partial charge on any atom is 0.333 e. The van der Waals surface area contributed by atoms with Gasteiger partial charge in [-0.1, -0.05) is 6.58 Å². The van der Waals surface area contributed by atoms with Crippen molar-refractivity contribution in [2.75, 3.05) is 40.3 Å². The molecule has 2 amide bonds. The van der Waals surface area contributed by atoms with Crippen molar-refractivity contribution < 1.29 is 31.2 Å². The molecule has 0 aliphatic carbocycles. The molecule has 1 rings (SSSR count). The zero-order valence-electron chi connectivity index (χ0n) is 12.6. The van der Waals surface area contributed by atoms with E-state index in [1.165, 1.54) is 0 Å². The second kappa shape index (κ2) is 7.50. The van der Waals surface area contributed by atoms with E-state index in [0.29, 0.717) is 36.3 Å². The van der Waals surface area contributed by atoms with Crippen molar-refractivity contribution in [1.29, 1.82) is 0 Å². The van der Waals surface area contributed by atoms with Crippen LogP contribution in [0.1, 0.15) is 13.8 Å². The molecule has 7 heteroatoms. The second-order valence-electron chi connectivity index (χ2n) is 5.48. The molecule has 0 aromatic heterocycles. The summed E-state index contributed by atoms with van der Waals surface area (Å²) in [6.45, 7) is 9.53. The first-order valence-electron chi connectivity index (χ1n) is 6.45. The van der Waals surface area contributed by atoms with Crippen LogP contribution in [0, 0.1) is 0 Å². The largest absolute Gasteiger partial charge is 1.00 e. The Morgan fingerprint density at radius 1 is 1.55 bits per heavy atom. The Kier molecular flexibility index (Phi) is 7.02. The molecule has 0 radical (unpaired) electrons. The number of hydrogen-bond acceptors (Lipinski definition) is 3. The third kappa shape index (κ3) is 4.68. The number of ether oxygens (including phenoxy) is 1. The minimum atomic E-state index is -0.369. The lowest BCUT2D eigenvalue weighted by atomic mass is 10.3. The molecule has 1 aliphatic heterocycles. The van der Waals surface area contributed by atoms with E-state index in [1.54, 1.807) is 11.8 Å². The minimum absolute atomic E-state index is 0. The first-order valence-corrected chi connectivity index (χ1v) is 6.45. The molecule has 1 fully saturated rings. The van der Waals surface area contributed by atoms with Crippen LogP contribution in [-0.2, 0) is 9.53 Å². The van der Waals surface area contributed by atoms with Gasteiger partial charge in [-0.3, -0.25) is 4.90 Å². The second-order valence-corrected chi connectivity index (χ2v) is 5.48. The lowest BCUT2D eigenvalue weighted by molar-refractivity contribution is -0.923. The fraction of sp³-hybridized carbons (Fsp3) is 0.692. The highest BCUT2D eigenvalue weighted by molar-refractivity contribution is 5.86. The number of esters is 1. The predicted molar refractivity (Wildman–Crippen MR) is 72.3 cm³/mol. The highest BCUT2D eigenvalue weighted by Crippen LogP contribution is 2.14. The summed E-state index contributed by atoms with van der Waals surface area (Å²) in [5.74, 6) is -0.369. The van der Waals surface area contributed by atoms with Gasteiger partial charge in [0.15, 0.2) is 6.17 Å². The van der Waals surface area contributed by atoms with Crippen molar-refractivity contribution in [2.24, 2.45) is 0 Å². The quantitative estimate of drug-likeness (QED) is 0.337. The molecule has 116 valence electrons. The van der Waals surface area contributed by atoms with Crippen LogP contribution in [0.3, 0.4) is 0 Å². The van der Waals surface area contributed by atoms with Crippen molar-refractivity contribution >= 4 is 12.0 Å². The normalized spacial score (nSPS) is 16.2. The Labute approximate surface area is 126 Å². The van der Waals surface area contributed by atoms with Gasteiger partial charge in [-0.2, -0.15) is 0 Å². The van der Waals surface area contributed by atoms with Gasteiger partial charge in [-0.25, -0.2) is 9.59 Å². The molecule has 1 heterocycles. The summed E-state index contributed by atoms with van der Waals surface area (Å²) in [5, 5.41) is 2.79. The number of carbonyl (C=O) groups excluding carboxylic acids is 2. The lowest BCUT2D eigenvalue weighted by Crippen LogP contribution is -3.00. The Bertz CT molecular complexity index is 385. The molecule has 1 atom stereocenters. The number of carbonyl (C=O) groups is 2. The average molecular weight is 306 g/mol. The number of likely N-dealkylation sites (N-methyl/N-ethyl adjacent to an activating group) is 1. The molecule has 0 aromatic rings. The zero-order chi connectivity index (χ0) is 14.6. The maximum atomic E-state index is 11.6. The first kappa shape index (κ1) is 18.7. The van der Waals surface area contributed by atoms with Gasteiger partial charge in [0.1, 0.15) is 13.2 Å². The first-order chi connectivity index (χ1) is 8.75. The molecule has 6 nitrogen and oxygen atoms in total. The summed E-state index contributed by atoms with van der Waals surface area (Å²) in [6.07, 6.45) is 0.0334. The number of quaternary nitrogens is 1. The van der Waals surface area contributed by atoms with Gasteiger partial charge in [0, 0.05) is 25.6 Å². The van der Waals surface area contributed by atoms with E-state index in [0.717, 1.165) is 0 Å². The highest BCUT2D eigenvalue weighted by Gasteiger charge is 2.35. The number of nitrogens with one attached hydrogen (secondary N) is 1. The lowest BCUT2D eigenvalue weighted by Gasteiger charge is -2.39. The van der Waals surface area contributed by atoms with Crippen LogP contribution >= 0.6 is 0 Å². The molecule has 1 aliphatic rings. The van der Waals surface area contributed by atoms with E-state index in [-0.39, 0.29) is 30.6 Å². The fourth-order valence-electron chi connectivity index (χ4n) is 1.90. The molecule has 20 heavy (non-hydrogen) atoms. The Balaban J connectivity index is 0.00000361. The van der Waals surface area contributed by atoms with Gasteiger partial charge in [0.25, 0.3) is 0 Å². The van der Waals surface area contributed by atoms with Crippen molar-refractivity contribution in [3.05, 3.63) is 12.2 Å². The van der Waals surface area contributed by atoms with E-state index in [1.807, 2.05) is 21.0 Å². The molecule has 1 saturated heterocycles. The summed E-state index contributed by atoms with van der Waals surface area (Å²) in [7, 11) is 4.04. The summed E-state index contributed by atoms with van der Waals surface area (Å²) in [6, 6.07) is -0.0300. The SMILES string of the molecule is C=C(C)C(=O)OCC[N+](C)(C)C(C)N1CCNC1=O.[Cl-]. The number of amides is 2. The van der Waals surface area contributed by atoms with Crippen molar-refractivity contribution in [3.63, 3.8) is 0 Å². The number of hydrogen-bond donors (Lipinski definition) is 1. The molecule has 0 aromatic carbocycles. The van der Waals surface area contributed by atoms with Crippen molar-refractivity contribution in [1.82, 2.24) is 10.2 Å². The van der Waals surface area contributed by atoms with Crippen LogP contribution in [0.2, 0.25) is 0 Å². The van der Waals surface area contributed by atoms with Crippen LogP contribution in [0.15, 0.2) is 12.2 Å². The van der Waals surface area contributed by atoms with Crippen LogP contribution in [0.25, 0.3) is 0 Å². The fourth-order valence-corrected chi connectivity index (χ4v) is 1.90. The third-order valence-electron chi connectivity index (χ3n) is 3.60. The van der Waals surface area contributed by atoms with Crippen molar-refractivity contribution in [2.45, 2.75) is 20.0 Å². The molecule has 0 bridgehead atoms. The van der Waals surface area contributed by atoms with Gasteiger partial charge in [-0.05, 0) is 6.92 Å². The Hall–Kier alpha value is -1.27. The van der Waals surface area contributed by atoms with Gasteiger partial charge in [0.05, 0.1) is 14.1 Å². The van der Waals surface area contributed by atoms with E-state index in [2.05, 4.69) is 11.9 Å². The van der Waals surface area contributed by atoms with Crippen LogP contribution in [0.4, 0.5) is 4.79 Å². The van der Waals surface area contributed by atoms with Crippen molar-refractivity contribution in [3.8, 4) is 0 Å². The molecular weight excluding hydrogens is 282 g/mol. The molecule has 0 spiro atoms. The number of nitrogens with zero attached hydrogens (tertiary/aromatic N) is 2. The van der Waals surface area contributed by atoms with E-state index in [9.17, 15) is 9.59 Å². The maximum absolute atomic E-state index is 11.6. The zero-order valence-corrected chi connectivity index (χ0v) is 13.4. The van der Waals surface area contributed by atoms with E-state index in [4.69, 9.17) is 4.74 Å². The van der Waals surface area contributed by atoms with Gasteiger partial charge >= 0.3 is 12.0 Å². The summed E-state index contributed by atoms with van der Waals surface area (Å²) >= 11 is 0. The predicted octanol–water partition coefficient (Wildman–Crippen LogP) is -2.44. The Morgan fingerprint density at radius 3 is 2.60 bits per heavy atom. The highest BCUT2D eigenvalue weighted by atomic mass is 35.5. The van der Waals surface area contributed by atoms with Gasteiger partial charge in [0.2, 0.25) is 0 Å². The average Bonchev–Trinajstić information content (AvgIpc) is 2.73. The molecule has 0 saturated carbocycles. The van der Waals surface area contributed by atoms with Gasteiger partial charge < -0.3 is 26.9 Å². The monoisotopic (exact) mass is 305 g/mol. The number of urea groups is 1. The molecular formula is C13H24ClN3O3. The standard InChI is InChI=1S/C13H23N3O3.ClH/c1-10(2)12(17)19-9-8-16(4,5)11(3)15-7-6-14-13(15)18;/h11H,1,6-9H2,2-5H3;1H. The van der Waals surface area contributed by atoms with Crippen LogP contribution < -0.4 is 17.7 Å². The minimum Gasteiger partial charge on any atom is -1.00 e. The van der Waals surface area contributed by atoms with E-state index < -0.39 is 0 Å². The number of halogens is 1. The summed E-state index contributed by atoms with van der Waals surface area (Å²) in [5.41, 5.74) is 0.400. The van der Waals surface area contributed by atoms with E-state index >= 15 is 0 Å². The topological polar surface area (TPSA) is 58.6 Å². The third-order valence-corrected chi connectivity index (χ3v) is 3.60. The number of rotatable bonds is 6. The van der Waals surface area contributed by atoms with Crippen LogP contribution in [-0.4, -0.2) is 67.9 Å². The summed E-state index contributed by atoms with van der Waals surface area (Å²) in [4.78, 5) is 24.8. The molecule has 1 unspecified atom stereocenters. The Morgan fingerprint density at radius 2 is 2.15 bits per heavy atom.